The Morgan fingerprint density at radius 1 is 1.29 bits per heavy atom. The van der Waals surface area contributed by atoms with Gasteiger partial charge in [0.1, 0.15) is 0 Å². The minimum Gasteiger partial charge on any atom is -0.392 e. The molecule has 6 heteroatoms. The molecule has 0 atom stereocenters. The SMILES string of the molecule is Cc1c(CO)cccc1S(=O)(=O)NCCCN1CCCC1. The lowest BCUT2D eigenvalue weighted by Gasteiger charge is -2.15. The van der Waals surface area contributed by atoms with Gasteiger partial charge in [-0.25, -0.2) is 13.1 Å². The maximum absolute atomic E-state index is 12.3. The Kier molecular flexibility index (Phi) is 5.75. The lowest BCUT2D eigenvalue weighted by Crippen LogP contribution is -2.29. The normalized spacial score (nSPS) is 16.5. The predicted octanol–water partition coefficient (Wildman–Crippen LogP) is 1.25. The van der Waals surface area contributed by atoms with Crippen LogP contribution in [0.25, 0.3) is 0 Å². The van der Waals surface area contributed by atoms with Crippen LogP contribution in [-0.4, -0.2) is 44.6 Å². The van der Waals surface area contributed by atoms with E-state index in [1.807, 2.05) is 0 Å². The first-order chi connectivity index (χ1) is 10.0. The first kappa shape index (κ1) is 16.4. The van der Waals surface area contributed by atoms with E-state index in [4.69, 9.17) is 0 Å². The highest BCUT2D eigenvalue weighted by Crippen LogP contribution is 2.18. The fourth-order valence-corrected chi connectivity index (χ4v) is 4.08. The molecule has 21 heavy (non-hydrogen) atoms. The molecule has 1 aliphatic heterocycles. The molecule has 2 N–H and O–H groups in total. The molecule has 0 unspecified atom stereocenters. The summed E-state index contributed by atoms with van der Waals surface area (Å²) in [6, 6.07) is 4.98. The number of hydrogen-bond acceptors (Lipinski definition) is 4. The van der Waals surface area contributed by atoms with Crippen LogP contribution in [0.2, 0.25) is 0 Å². The van der Waals surface area contributed by atoms with Crippen LogP contribution in [0.15, 0.2) is 23.1 Å². The van der Waals surface area contributed by atoms with Crippen LogP contribution >= 0.6 is 0 Å². The molecule has 0 bridgehead atoms. The van der Waals surface area contributed by atoms with E-state index < -0.39 is 10.0 Å². The van der Waals surface area contributed by atoms with Gasteiger partial charge in [0, 0.05) is 6.54 Å². The van der Waals surface area contributed by atoms with Crippen LogP contribution < -0.4 is 4.72 Å². The van der Waals surface area contributed by atoms with E-state index in [1.54, 1.807) is 25.1 Å². The van der Waals surface area contributed by atoms with Crippen molar-refractivity contribution in [1.82, 2.24) is 9.62 Å². The van der Waals surface area contributed by atoms with Crippen molar-refractivity contribution in [2.24, 2.45) is 0 Å². The van der Waals surface area contributed by atoms with Crippen molar-refractivity contribution in [2.45, 2.75) is 37.7 Å². The summed E-state index contributed by atoms with van der Waals surface area (Å²) in [5.74, 6) is 0. The van der Waals surface area contributed by atoms with Gasteiger partial charge in [-0.1, -0.05) is 12.1 Å². The highest BCUT2D eigenvalue weighted by atomic mass is 32.2. The van der Waals surface area contributed by atoms with Crippen molar-refractivity contribution in [1.29, 1.82) is 0 Å². The number of benzene rings is 1. The fourth-order valence-electron chi connectivity index (χ4n) is 2.72. The highest BCUT2D eigenvalue weighted by Gasteiger charge is 2.18. The van der Waals surface area contributed by atoms with Crippen LogP contribution in [0.5, 0.6) is 0 Å². The van der Waals surface area contributed by atoms with E-state index in [0.717, 1.165) is 26.1 Å². The third kappa shape index (κ3) is 4.26. The number of hydrogen-bond donors (Lipinski definition) is 2. The summed E-state index contributed by atoms with van der Waals surface area (Å²) in [5.41, 5.74) is 1.27. The van der Waals surface area contributed by atoms with E-state index in [2.05, 4.69) is 9.62 Å². The molecular formula is C15H24N2O3S. The second kappa shape index (κ2) is 7.35. The third-order valence-electron chi connectivity index (χ3n) is 4.00. The summed E-state index contributed by atoms with van der Waals surface area (Å²) in [5, 5.41) is 9.22. The molecule has 1 heterocycles. The van der Waals surface area contributed by atoms with Crippen LogP contribution in [0.1, 0.15) is 30.4 Å². The standard InChI is InChI=1S/C15H24N2O3S/c1-13-14(12-18)6-4-7-15(13)21(19,20)16-8-5-11-17-9-2-3-10-17/h4,6-7,16,18H,2-3,5,8-12H2,1H3. The van der Waals surface area contributed by atoms with Crippen molar-refractivity contribution in [3.05, 3.63) is 29.3 Å². The number of aliphatic hydroxyl groups excluding tert-OH is 1. The number of sulfonamides is 1. The zero-order valence-corrected chi connectivity index (χ0v) is 13.3. The van der Waals surface area contributed by atoms with Crippen LogP contribution in [-0.2, 0) is 16.6 Å². The van der Waals surface area contributed by atoms with Gasteiger partial charge in [-0.2, -0.15) is 0 Å². The molecule has 2 rings (SSSR count). The second-order valence-electron chi connectivity index (χ2n) is 5.50. The van der Waals surface area contributed by atoms with E-state index in [1.165, 1.54) is 12.8 Å². The van der Waals surface area contributed by atoms with Gasteiger partial charge in [-0.15, -0.1) is 0 Å². The number of rotatable bonds is 7. The highest BCUT2D eigenvalue weighted by molar-refractivity contribution is 7.89. The zero-order valence-electron chi connectivity index (χ0n) is 12.5. The minimum atomic E-state index is -3.50. The van der Waals surface area contributed by atoms with Crippen molar-refractivity contribution >= 4 is 10.0 Å². The molecular weight excluding hydrogens is 288 g/mol. The molecule has 0 amide bonds. The first-order valence-corrected chi connectivity index (χ1v) is 8.94. The summed E-state index contributed by atoms with van der Waals surface area (Å²) in [4.78, 5) is 2.63. The summed E-state index contributed by atoms with van der Waals surface area (Å²) in [7, 11) is -3.50. The zero-order chi connectivity index (χ0) is 15.3. The van der Waals surface area contributed by atoms with Crippen molar-refractivity contribution in [3.63, 3.8) is 0 Å². The van der Waals surface area contributed by atoms with Gasteiger partial charge in [0.15, 0.2) is 0 Å². The Morgan fingerprint density at radius 2 is 2.00 bits per heavy atom. The van der Waals surface area contributed by atoms with Gasteiger partial charge >= 0.3 is 0 Å². The Labute approximate surface area is 127 Å². The van der Waals surface area contributed by atoms with Crippen molar-refractivity contribution < 1.29 is 13.5 Å². The summed E-state index contributed by atoms with van der Waals surface area (Å²) >= 11 is 0. The van der Waals surface area contributed by atoms with Gasteiger partial charge in [0.05, 0.1) is 11.5 Å². The second-order valence-corrected chi connectivity index (χ2v) is 7.23. The summed E-state index contributed by atoms with van der Waals surface area (Å²) in [6.07, 6.45) is 3.32. The number of nitrogens with one attached hydrogen (secondary N) is 1. The third-order valence-corrected chi connectivity index (χ3v) is 5.60. The average molecular weight is 312 g/mol. The molecule has 0 saturated carbocycles. The molecule has 1 aromatic rings. The van der Waals surface area contributed by atoms with E-state index in [0.29, 0.717) is 17.7 Å². The Bertz CT molecular complexity index is 566. The average Bonchev–Trinajstić information content (AvgIpc) is 2.97. The van der Waals surface area contributed by atoms with Crippen LogP contribution in [0, 0.1) is 6.92 Å². The number of aliphatic hydroxyl groups is 1. The molecule has 5 nitrogen and oxygen atoms in total. The molecule has 0 radical (unpaired) electrons. The summed E-state index contributed by atoms with van der Waals surface area (Å²) < 4.78 is 27.3. The molecule has 0 aliphatic carbocycles. The van der Waals surface area contributed by atoms with Crippen molar-refractivity contribution in [3.8, 4) is 0 Å². The Morgan fingerprint density at radius 3 is 2.67 bits per heavy atom. The molecule has 1 saturated heterocycles. The van der Waals surface area contributed by atoms with Gasteiger partial charge in [0.2, 0.25) is 10.0 Å². The first-order valence-electron chi connectivity index (χ1n) is 7.46. The van der Waals surface area contributed by atoms with Crippen molar-refractivity contribution in [2.75, 3.05) is 26.2 Å². The molecule has 1 fully saturated rings. The topological polar surface area (TPSA) is 69.6 Å². The predicted molar refractivity (Wildman–Crippen MR) is 82.6 cm³/mol. The van der Waals surface area contributed by atoms with Gasteiger partial charge in [0.25, 0.3) is 0 Å². The van der Waals surface area contributed by atoms with E-state index >= 15 is 0 Å². The Hall–Kier alpha value is -0.950. The number of likely N-dealkylation sites (tertiary alicyclic amines) is 1. The number of nitrogens with zero attached hydrogens (tertiary/aromatic N) is 1. The smallest absolute Gasteiger partial charge is 0.240 e. The molecule has 118 valence electrons. The Balaban J connectivity index is 1.92. The van der Waals surface area contributed by atoms with Gasteiger partial charge in [-0.05, 0) is 63.0 Å². The molecule has 1 aromatic carbocycles. The molecule has 0 aromatic heterocycles. The minimum absolute atomic E-state index is 0.149. The lowest BCUT2D eigenvalue weighted by atomic mass is 10.1. The van der Waals surface area contributed by atoms with Crippen LogP contribution in [0.4, 0.5) is 0 Å². The van der Waals surface area contributed by atoms with Gasteiger partial charge < -0.3 is 10.0 Å². The molecule has 0 spiro atoms. The van der Waals surface area contributed by atoms with Gasteiger partial charge in [-0.3, -0.25) is 0 Å². The largest absolute Gasteiger partial charge is 0.392 e. The lowest BCUT2D eigenvalue weighted by molar-refractivity contribution is 0.280. The van der Waals surface area contributed by atoms with E-state index in [-0.39, 0.29) is 11.5 Å². The fraction of sp³-hybridized carbons (Fsp3) is 0.600. The maximum atomic E-state index is 12.3. The monoisotopic (exact) mass is 312 g/mol. The quantitative estimate of drug-likeness (QED) is 0.744. The van der Waals surface area contributed by atoms with E-state index in [9.17, 15) is 13.5 Å². The summed E-state index contributed by atoms with van der Waals surface area (Å²) in [6.45, 7) is 5.23. The maximum Gasteiger partial charge on any atom is 0.240 e. The molecule has 1 aliphatic rings. The van der Waals surface area contributed by atoms with Crippen LogP contribution in [0.3, 0.4) is 0 Å².